The molecule has 10 heteroatoms. The van der Waals surface area contributed by atoms with E-state index in [1.54, 1.807) is 10.3 Å². The summed E-state index contributed by atoms with van der Waals surface area (Å²) < 4.78 is 0. The summed E-state index contributed by atoms with van der Waals surface area (Å²) in [7, 11) is 0. The van der Waals surface area contributed by atoms with Crippen molar-refractivity contribution in [2.24, 2.45) is 0 Å². The van der Waals surface area contributed by atoms with Gasteiger partial charge in [0.2, 0.25) is 0 Å². The summed E-state index contributed by atoms with van der Waals surface area (Å²) in [5.74, 6) is -0.207. The van der Waals surface area contributed by atoms with Crippen LogP contribution in [0.1, 0.15) is 55.0 Å². The molecule has 0 saturated heterocycles. The number of urea groups is 1. The van der Waals surface area contributed by atoms with Crippen molar-refractivity contribution in [1.29, 1.82) is 0 Å². The van der Waals surface area contributed by atoms with Crippen molar-refractivity contribution in [3.63, 3.8) is 0 Å². The number of nitro benzene ring substituents is 1. The molecule has 0 aliphatic carbocycles. The maximum Gasteiger partial charge on any atom is 0.322 e. The molecule has 30 heavy (non-hydrogen) atoms. The van der Waals surface area contributed by atoms with Crippen LogP contribution in [0.3, 0.4) is 0 Å². The predicted octanol–water partition coefficient (Wildman–Crippen LogP) is 4.42. The number of benzene rings is 1. The lowest BCUT2D eigenvalue weighted by molar-refractivity contribution is -0.384. The van der Waals surface area contributed by atoms with E-state index >= 15 is 0 Å². The number of hydrogen-bond acceptors (Lipinski definition) is 6. The number of non-ortho nitro benzene ring substituents is 1. The van der Waals surface area contributed by atoms with Crippen molar-refractivity contribution >= 4 is 34.6 Å². The van der Waals surface area contributed by atoms with Gasteiger partial charge in [-0.3, -0.25) is 14.9 Å². The Kier molecular flexibility index (Phi) is 9.20. The van der Waals surface area contributed by atoms with Crippen molar-refractivity contribution in [2.45, 2.75) is 46.1 Å². The van der Waals surface area contributed by atoms with Crippen LogP contribution in [0.25, 0.3) is 0 Å². The topological polar surface area (TPSA) is 117 Å². The molecule has 1 aromatic heterocycles. The Morgan fingerprint density at radius 2 is 1.87 bits per heavy atom. The Bertz CT molecular complexity index is 853. The van der Waals surface area contributed by atoms with Gasteiger partial charge in [0.1, 0.15) is 10.7 Å². The molecular weight excluding hydrogens is 406 g/mol. The van der Waals surface area contributed by atoms with E-state index in [2.05, 4.69) is 22.5 Å². The normalized spacial score (nSPS) is 10.5. The summed E-state index contributed by atoms with van der Waals surface area (Å²) >= 11 is 1.34. The van der Waals surface area contributed by atoms with E-state index in [1.807, 2.05) is 6.92 Å². The molecule has 0 saturated carbocycles. The van der Waals surface area contributed by atoms with Gasteiger partial charge in [0.05, 0.1) is 11.5 Å². The fourth-order valence-corrected chi connectivity index (χ4v) is 3.38. The predicted molar refractivity (Wildman–Crippen MR) is 117 cm³/mol. The number of thiazole rings is 1. The van der Waals surface area contributed by atoms with Gasteiger partial charge in [0, 0.05) is 36.3 Å². The highest BCUT2D eigenvalue weighted by molar-refractivity contribution is 7.09. The van der Waals surface area contributed by atoms with E-state index < -0.39 is 4.92 Å². The average molecular weight is 434 g/mol. The van der Waals surface area contributed by atoms with E-state index in [9.17, 15) is 19.7 Å². The Balaban J connectivity index is 2.01. The molecule has 1 heterocycles. The molecule has 2 N–H and O–H groups in total. The van der Waals surface area contributed by atoms with E-state index in [4.69, 9.17) is 0 Å². The number of carbonyl (C=O) groups is 2. The molecule has 2 aromatic rings. The highest BCUT2D eigenvalue weighted by Gasteiger charge is 2.18. The molecule has 0 aliphatic rings. The smallest absolute Gasteiger partial charge is 0.322 e. The highest BCUT2D eigenvalue weighted by atomic mass is 32.1. The second-order valence-electron chi connectivity index (χ2n) is 6.75. The minimum absolute atomic E-state index is 0.0385. The zero-order valence-electron chi connectivity index (χ0n) is 17.2. The fourth-order valence-electron chi connectivity index (χ4n) is 2.59. The Hall–Kier alpha value is -3.01. The van der Waals surface area contributed by atoms with Crippen molar-refractivity contribution < 1.29 is 14.5 Å². The maximum absolute atomic E-state index is 12.7. The van der Waals surface area contributed by atoms with Gasteiger partial charge in [-0.05, 0) is 25.0 Å². The van der Waals surface area contributed by atoms with Crippen LogP contribution in [0.15, 0.2) is 29.6 Å². The van der Waals surface area contributed by atoms with Crippen LogP contribution in [0.5, 0.6) is 0 Å². The third-order valence-corrected chi connectivity index (χ3v) is 5.16. The molecule has 3 amide bonds. The van der Waals surface area contributed by atoms with E-state index in [1.165, 1.54) is 35.6 Å². The highest BCUT2D eigenvalue weighted by Crippen LogP contribution is 2.18. The van der Waals surface area contributed by atoms with E-state index in [0.717, 1.165) is 25.7 Å². The number of carbonyl (C=O) groups excluding carboxylic acids is 2. The summed E-state index contributed by atoms with van der Waals surface area (Å²) in [5, 5.41) is 18.7. The first-order valence-corrected chi connectivity index (χ1v) is 10.9. The quantitative estimate of drug-likeness (QED) is 0.309. The van der Waals surface area contributed by atoms with Gasteiger partial charge in [-0.1, -0.05) is 26.7 Å². The molecule has 0 fully saturated rings. The first-order valence-electron chi connectivity index (χ1n) is 9.97. The largest absolute Gasteiger partial charge is 0.351 e. The van der Waals surface area contributed by atoms with Crippen LogP contribution in [-0.2, 0) is 6.54 Å². The minimum Gasteiger partial charge on any atom is -0.351 e. The van der Waals surface area contributed by atoms with Crippen LogP contribution in [0.2, 0.25) is 0 Å². The monoisotopic (exact) mass is 433 g/mol. The molecule has 0 bridgehead atoms. The number of unbranched alkanes of at least 4 members (excludes halogenated alkanes) is 2. The first kappa shape index (κ1) is 23.3. The molecule has 1 aromatic carbocycles. The van der Waals surface area contributed by atoms with Gasteiger partial charge in [-0.2, -0.15) is 0 Å². The van der Waals surface area contributed by atoms with E-state index in [0.29, 0.717) is 29.5 Å². The van der Waals surface area contributed by atoms with Crippen LogP contribution in [0, 0.1) is 10.1 Å². The molecular formula is C20H27N5O4S. The van der Waals surface area contributed by atoms with Crippen molar-refractivity contribution in [3.05, 3.63) is 50.5 Å². The molecule has 0 unspecified atom stereocenters. The molecule has 0 radical (unpaired) electrons. The lowest BCUT2D eigenvalue weighted by Gasteiger charge is -2.22. The Morgan fingerprint density at radius 1 is 1.17 bits per heavy atom. The van der Waals surface area contributed by atoms with Crippen LogP contribution in [0.4, 0.5) is 16.2 Å². The SMILES string of the molecule is CCCCNC(=O)c1csc(CN(CCCC)C(=O)Nc2ccc([N+](=O)[O-])cc2)n1. The van der Waals surface area contributed by atoms with Gasteiger partial charge >= 0.3 is 6.03 Å². The standard InChI is InChI=1S/C20H27N5O4S/c1-3-5-11-21-19(26)17-14-30-18(23-17)13-24(12-6-4-2)20(27)22-15-7-9-16(10-8-15)25(28)29/h7-10,14H,3-6,11-13H2,1-2H3,(H,21,26)(H,22,27). The number of rotatable bonds is 11. The van der Waals surface area contributed by atoms with Crippen molar-refractivity contribution in [1.82, 2.24) is 15.2 Å². The molecule has 0 atom stereocenters. The van der Waals surface area contributed by atoms with Crippen molar-refractivity contribution in [2.75, 3.05) is 18.4 Å². The zero-order valence-corrected chi connectivity index (χ0v) is 18.0. The number of anilines is 1. The minimum atomic E-state index is -0.488. The fraction of sp³-hybridized carbons (Fsp3) is 0.450. The summed E-state index contributed by atoms with van der Waals surface area (Å²) in [6, 6.07) is 5.36. The molecule has 162 valence electrons. The lowest BCUT2D eigenvalue weighted by Crippen LogP contribution is -2.35. The van der Waals surface area contributed by atoms with Crippen LogP contribution >= 0.6 is 11.3 Å². The lowest BCUT2D eigenvalue weighted by atomic mass is 10.3. The second-order valence-corrected chi connectivity index (χ2v) is 7.69. The number of hydrogen-bond donors (Lipinski definition) is 2. The summed E-state index contributed by atoms with van der Waals surface area (Å²) in [4.78, 5) is 41.1. The van der Waals surface area contributed by atoms with E-state index in [-0.39, 0.29) is 24.2 Å². The number of nitrogens with zero attached hydrogens (tertiary/aromatic N) is 3. The Labute approximate surface area is 179 Å². The summed E-state index contributed by atoms with van der Waals surface area (Å²) in [6.45, 7) is 5.52. The summed E-state index contributed by atoms with van der Waals surface area (Å²) in [6.07, 6.45) is 3.66. The maximum atomic E-state index is 12.7. The number of nitro groups is 1. The van der Waals surface area contributed by atoms with Crippen molar-refractivity contribution in [3.8, 4) is 0 Å². The van der Waals surface area contributed by atoms with Gasteiger partial charge in [-0.25, -0.2) is 9.78 Å². The molecule has 0 aliphatic heterocycles. The second kappa shape index (κ2) is 11.9. The van der Waals surface area contributed by atoms with Gasteiger partial charge < -0.3 is 15.5 Å². The summed E-state index contributed by atoms with van der Waals surface area (Å²) in [5.41, 5.74) is 0.794. The Morgan fingerprint density at radius 3 is 2.50 bits per heavy atom. The van der Waals surface area contributed by atoms with Gasteiger partial charge in [0.25, 0.3) is 11.6 Å². The third kappa shape index (κ3) is 7.11. The average Bonchev–Trinajstić information content (AvgIpc) is 3.20. The zero-order chi connectivity index (χ0) is 21.9. The molecule has 2 rings (SSSR count). The number of amides is 3. The first-order chi connectivity index (χ1) is 14.4. The number of aromatic nitrogens is 1. The van der Waals surface area contributed by atoms with Crippen LogP contribution in [-0.4, -0.2) is 39.8 Å². The van der Waals surface area contributed by atoms with Gasteiger partial charge in [0.15, 0.2) is 0 Å². The molecule has 9 nitrogen and oxygen atoms in total. The third-order valence-electron chi connectivity index (χ3n) is 4.32. The number of nitrogens with one attached hydrogen (secondary N) is 2. The van der Waals surface area contributed by atoms with Crippen LogP contribution < -0.4 is 10.6 Å². The molecule has 0 spiro atoms. The van der Waals surface area contributed by atoms with Gasteiger partial charge in [-0.15, -0.1) is 11.3 Å².